The van der Waals surface area contributed by atoms with Crippen molar-refractivity contribution in [2.75, 3.05) is 18.4 Å². The molecule has 120 valence electrons. The van der Waals surface area contributed by atoms with Gasteiger partial charge in [0.1, 0.15) is 4.32 Å². The van der Waals surface area contributed by atoms with Crippen molar-refractivity contribution in [3.8, 4) is 0 Å². The number of amides is 1. The van der Waals surface area contributed by atoms with Crippen LogP contribution in [0.3, 0.4) is 0 Å². The number of carbonyl (C=O) groups is 1. The van der Waals surface area contributed by atoms with Gasteiger partial charge < -0.3 is 10.2 Å². The molecule has 2 heterocycles. The van der Waals surface area contributed by atoms with Crippen LogP contribution in [0.15, 0.2) is 36.5 Å². The number of hydrogen-bond donors (Lipinski definition) is 1. The van der Waals surface area contributed by atoms with Gasteiger partial charge in [-0.2, -0.15) is 0 Å². The van der Waals surface area contributed by atoms with Crippen molar-refractivity contribution in [3.05, 3.63) is 36.5 Å². The average Bonchev–Trinajstić information content (AvgIpc) is 3.09. The minimum Gasteiger partial charge on any atom is -0.358 e. The normalized spacial score (nSPS) is 15.6. The smallest absolute Gasteiger partial charge is 0.237 e. The largest absolute Gasteiger partial charge is 0.358 e. The Labute approximate surface area is 145 Å². The highest BCUT2D eigenvalue weighted by Gasteiger charge is 2.21. The molecule has 1 aromatic carbocycles. The van der Waals surface area contributed by atoms with E-state index >= 15 is 0 Å². The third-order valence-electron chi connectivity index (χ3n) is 3.91. The van der Waals surface area contributed by atoms with Crippen molar-refractivity contribution in [2.24, 2.45) is 0 Å². The third-order valence-corrected chi connectivity index (χ3v) is 5.49. The van der Waals surface area contributed by atoms with Crippen LogP contribution < -0.4 is 5.32 Å². The molecule has 1 N–H and O–H groups in total. The number of rotatable bonds is 3. The van der Waals surface area contributed by atoms with Crippen LogP contribution in [0, 0.1) is 0 Å². The first-order chi connectivity index (χ1) is 11.1. The molecule has 0 aliphatic carbocycles. The number of carbonyl (C=O) groups excluding carboxylic acids is 1. The average molecular weight is 345 g/mol. The fourth-order valence-electron chi connectivity index (χ4n) is 2.63. The molecule has 6 heteroatoms. The fourth-order valence-corrected chi connectivity index (χ4v) is 4.04. The Morgan fingerprint density at radius 1 is 1.30 bits per heavy atom. The summed E-state index contributed by atoms with van der Waals surface area (Å²) < 4.78 is 0.824. The summed E-state index contributed by atoms with van der Waals surface area (Å²) >= 11 is 6.91. The number of pyridine rings is 1. The summed E-state index contributed by atoms with van der Waals surface area (Å²) in [6, 6.07) is 9.57. The van der Waals surface area contributed by atoms with Crippen molar-refractivity contribution >= 4 is 50.8 Å². The first-order valence-electron chi connectivity index (χ1n) is 7.75. The predicted molar refractivity (Wildman–Crippen MR) is 101 cm³/mol. The molecule has 0 bridgehead atoms. The van der Waals surface area contributed by atoms with Gasteiger partial charge in [0.2, 0.25) is 5.91 Å². The Morgan fingerprint density at radius 3 is 2.87 bits per heavy atom. The number of benzene rings is 1. The second-order valence-corrected chi connectivity index (χ2v) is 7.56. The van der Waals surface area contributed by atoms with Gasteiger partial charge in [0.25, 0.3) is 0 Å². The molecule has 23 heavy (non-hydrogen) atoms. The van der Waals surface area contributed by atoms with Gasteiger partial charge in [0.05, 0.1) is 16.5 Å². The van der Waals surface area contributed by atoms with Crippen LogP contribution in [-0.4, -0.2) is 38.5 Å². The van der Waals surface area contributed by atoms with Gasteiger partial charge in [-0.05, 0) is 44.0 Å². The van der Waals surface area contributed by atoms with Crippen molar-refractivity contribution in [3.63, 3.8) is 0 Å². The molecule has 1 aromatic heterocycles. The summed E-state index contributed by atoms with van der Waals surface area (Å²) in [5.41, 5.74) is 1.67. The Hall–Kier alpha value is -1.66. The molecule has 1 atom stereocenters. The first-order valence-corrected chi connectivity index (χ1v) is 9.04. The SMILES string of the molecule is CC(SC(=S)N1CCCC1)C(=O)Nc1cccc2ncccc12. The van der Waals surface area contributed by atoms with Gasteiger partial charge in [-0.1, -0.05) is 30.0 Å². The van der Waals surface area contributed by atoms with E-state index in [4.69, 9.17) is 12.2 Å². The molecule has 0 radical (unpaired) electrons. The molecule has 0 saturated carbocycles. The topological polar surface area (TPSA) is 45.2 Å². The molecule has 3 rings (SSSR count). The maximum Gasteiger partial charge on any atom is 0.237 e. The van der Waals surface area contributed by atoms with E-state index in [1.54, 1.807) is 6.20 Å². The standard InChI is InChI=1S/C17H19N3OS2/c1-12(23-17(22)20-10-2-3-11-20)16(21)19-15-8-4-7-14-13(15)6-5-9-18-14/h4-9,12H,2-3,10-11H2,1H3,(H,19,21). The van der Waals surface area contributed by atoms with E-state index in [1.807, 2.05) is 37.3 Å². The van der Waals surface area contributed by atoms with E-state index in [2.05, 4.69) is 15.2 Å². The van der Waals surface area contributed by atoms with Gasteiger partial charge in [0.15, 0.2) is 0 Å². The van der Waals surface area contributed by atoms with Gasteiger partial charge in [-0.15, -0.1) is 0 Å². The number of nitrogens with one attached hydrogen (secondary N) is 1. The number of nitrogens with zero attached hydrogens (tertiary/aromatic N) is 2. The zero-order valence-electron chi connectivity index (χ0n) is 13.0. The third kappa shape index (κ3) is 3.82. The van der Waals surface area contributed by atoms with Gasteiger partial charge in [-0.25, -0.2) is 0 Å². The molecule has 0 spiro atoms. The van der Waals surface area contributed by atoms with Gasteiger partial charge in [-0.3, -0.25) is 9.78 Å². The summed E-state index contributed by atoms with van der Waals surface area (Å²) in [6.07, 6.45) is 4.12. The van der Waals surface area contributed by atoms with Crippen LogP contribution in [0.4, 0.5) is 5.69 Å². The predicted octanol–water partition coefficient (Wildman–Crippen LogP) is 3.68. The minimum absolute atomic E-state index is 0.0344. The van der Waals surface area contributed by atoms with Crippen LogP contribution in [0.2, 0.25) is 0 Å². The van der Waals surface area contributed by atoms with Crippen LogP contribution in [0.5, 0.6) is 0 Å². The first kappa shape index (κ1) is 16.2. The quantitative estimate of drug-likeness (QED) is 0.860. The summed E-state index contributed by atoms with van der Waals surface area (Å²) in [6.45, 7) is 3.91. The number of thioether (sulfide) groups is 1. The highest BCUT2D eigenvalue weighted by Crippen LogP contribution is 2.24. The lowest BCUT2D eigenvalue weighted by molar-refractivity contribution is -0.115. The minimum atomic E-state index is -0.227. The molecule has 1 aliphatic rings. The maximum atomic E-state index is 12.5. The van der Waals surface area contributed by atoms with Crippen molar-refractivity contribution < 1.29 is 4.79 Å². The highest BCUT2D eigenvalue weighted by atomic mass is 32.2. The van der Waals surface area contributed by atoms with E-state index in [1.165, 1.54) is 24.6 Å². The lowest BCUT2D eigenvalue weighted by atomic mass is 10.2. The lowest BCUT2D eigenvalue weighted by Gasteiger charge is -2.20. The zero-order chi connectivity index (χ0) is 16.2. The second-order valence-electron chi connectivity index (χ2n) is 5.59. The molecule has 2 aromatic rings. The van der Waals surface area contributed by atoms with E-state index in [0.29, 0.717) is 0 Å². The van der Waals surface area contributed by atoms with Gasteiger partial charge >= 0.3 is 0 Å². The van der Waals surface area contributed by atoms with E-state index in [-0.39, 0.29) is 11.2 Å². The van der Waals surface area contributed by atoms with E-state index in [0.717, 1.165) is 34.0 Å². The maximum absolute atomic E-state index is 12.5. The number of fused-ring (bicyclic) bond motifs is 1. The monoisotopic (exact) mass is 345 g/mol. The number of likely N-dealkylation sites (tertiary alicyclic amines) is 1. The number of anilines is 1. The Balaban J connectivity index is 1.66. The van der Waals surface area contributed by atoms with Gasteiger partial charge in [0, 0.05) is 24.7 Å². The molecule has 1 saturated heterocycles. The highest BCUT2D eigenvalue weighted by molar-refractivity contribution is 8.23. The summed E-state index contributed by atoms with van der Waals surface area (Å²) in [5.74, 6) is -0.0344. The van der Waals surface area contributed by atoms with E-state index < -0.39 is 0 Å². The van der Waals surface area contributed by atoms with Crippen molar-refractivity contribution in [1.82, 2.24) is 9.88 Å². The van der Waals surface area contributed by atoms with Crippen LogP contribution >= 0.6 is 24.0 Å². The molecular formula is C17H19N3OS2. The van der Waals surface area contributed by atoms with Crippen molar-refractivity contribution in [2.45, 2.75) is 25.0 Å². The fraction of sp³-hybridized carbons (Fsp3) is 0.353. The lowest BCUT2D eigenvalue weighted by Crippen LogP contribution is -2.29. The molecule has 1 amide bonds. The molecule has 1 fully saturated rings. The van der Waals surface area contributed by atoms with Crippen LogP contribution in [0.25, 0.3) is 10.9 Å². The molecule has 1 unspecified atom stereocenters. The Bertz CT molecular complexity index is 723. The zero-order valence-corrected chi connectivity index (χ0v) is 14.6. The summed E-state index contributed by atoms with van der Waals surface area (Å²) in [5, 5.41) is 3.72. The number of aromatic nitrogens is 1. The van der Waals surface area contributed by atoms with Crippen LogP contribution in [0.1, 0.15) is 19.8 Å². The molecule has 1 aliphatic heterocycles. The summed E-state index contributed by atoms with van der Waals surface area (Å²) in [4.78, 5) is 19.0. The summed E-state index contributed by atoms with van der Waals surface area (Å²) in [7, 11) is 0. The van der Waals surface area contributed by atoms with E-state index in [9.17, 15) is 4.79 Å². The number of hydrogen-bond acceptors (Lipinski definition) is 4. The Morgan fingerprint density at radius 2 is 2.09 bits per heavy atom. The Kier molecular flexibility index (Phi) is 5.13. The van der Waals surface area contributed by atoms with Crippen LogP contribution in [-0.2, 0) is 4.79 Å². The second kappa shape index (κ2) is 7.27. The number of thiocarbonyl (C=S) groups is 1. The van der Waals surface area contributed by atoms with Crippen molar-refractivity contribution in [1.29, 1.82) is 0 Å². The molecule has 4 nitrogen and oxygen atoms in total. The molecular weight excluding hydrogens is 326 g/mol.